The zero-order valence-corrected chi connectivity index (χ0v) is 10.9. The first-order chi connectivity index (χ1) is 7.60. The number of thioether (sulfide) groups is 1. The number of carbonyl (C=O) groups is 1. The van der Waals surface area contributed by atoms with Crippen LogP contribution in [-0.4, -0.2) is 25.6 Å². The summed E-state index contributed by atoms with van der Waals surface area (Å²) in [6.45, 7) is 5.59. The SMILES string of the molecule is CSc1ccc(C(C)(C)CNCC=O)cc1. The molecule has 0 heterocycles. The lowest BCUT2D eigenvalue weighted by molar-refractivity contribution is -0.107. The summed E-state index contributed by atoms with van der Waals surface area (Å²) in [7, 11) is 0. The van der Waals surface area contributed by atoms with Gasteiger partial charge in [0.25, 0.3) is 0 Å². The Morgan fingerprint density at radius 3 is 2.44 bits per heavy atom. The van der Waals surface area contributed by atoms with Crippen LogP contribution in [0, 0.1) is 0 Å². The minimum absolute atomic E-state index is 0.0555. The molecule has 0 aliphatic rings. The van der Waals surface area contributed by atoms with E-state index in [-0.39, 0.29) is 5.41 Å². The third-order valence-corrected chi connectivity index (χ3v) is 3.41. The lowest BCUT2D eigenvalue weighted by Gasteiger charge is -2.25. The number of benzene rings is 1. The van der Waals surface area contributed by atoms with Gasteiger partial charge in [-0.25, -0.2) is 0 Å². The highest BCUT2D eigenvalue weighted by Crippen LogP contribution is 2.24. The van der Waals surface area contributed by atoms with Crippen molar-refractivity contribution in [3.8, 4) is 0 Å². The number of hydrogen-bond donors (Lipinski definition) is 1. The highest BCUT2D eigenvalue weighted by molar-refractivity contribution is 7.98. The predicted molar refractivity (Wildman–Crippen MR) is 70.2 cm³/mol. The van der Waals surface area contributed by atoms with Crippen LogP contribution in [0.1, 0.15) is 19.4 Å². The van der Waals surface area contributed by atoms with Gasteiger partial charge in [0.2, 0.25) is 0 Å². The molecule has 0 bridgehead atoms. The summed E-state index contributed by atoms with van der Waals surface area (Å²) >= 11 is 1.75. The van der Waals surface area contributed by atoms with E-state index in [9.17, 15) is 4.79 Å². The van der Waals surface area contributed by atoms with E-state index in [1.165, 1.54) is 10.5 Å². The van der Waals surface area contributed by atoms with Crippen LogP contribution in [0.2, 0.25) is 0 Å². The fourth-order valence-corrected chi connectivity index (χ4v) is 2.00. The number of aldehydes is 1. The summed E-state index contributed by atoms with van der Waals surface area (Å²) in [4.78, 5) is 11.5. The largest absolute Gasteiger partial charge is 0.309 e. The molecule has 0 spiro atoms. The van der Waals surface area contributed by atoms with E-state index in [0.717, 1.165) is 12.8 Å². The van der Waals surface area contributed by atoms with E-state index in [1.54, 1.807) is 11.8 Å². The van der Waals surface area contributed by atoms with Gasteiger partial charge < -0.3 is 10.1 Å². The molecule has 0 saturated carbocycles. The summed E-state index contributed by atoms with van der Waals surface area (Å²) < 4.78 is 0. The molecule has 0 radical (unpaired) electrons. The second-order valence-electron chi connectivity index (χ2n) is 4.41. The maximum atomic E-state index is 10.2. The molecule has 16 heavy (non-hydrogen) atoms. The van der Waals surface area contributed by atoms with Crippen molar-refractivity contribution in [2.45, 2.75) is 24.2 Å². The Labute approximate surface area is 102 Å². The maximum absolute atomic E-state index is 10.2. The van der Waals surface area contributed by atoms with Gasteiger partial charge in [-0.05, 0) is 24.0 Å². The number of nitrogens with one attached hydrogen (secondary N) is 1. The molecule has 0 aromatic heterocycles. The third-order valence-electron chi connectivity index (χ3n) is 2.67. The zero-order chi connectivity index (χ0) is 12.0. The number of hydrogen-bond acceptors (Lipinski definition) is 3. The smallest absolute Gasteiger partial charge is 0.133 e. The Kier molecular flexibility index (Phi) is 5.03. The lowest BCUT2D eigenvalue weighted by Crippen LogP contribution is -2.33. The van der Waals surface area contributed by atoms with Crippen molar-refractivity contribution in [2.75, 3.05) is 19.3 Å². The fraction of sp³-hybridized carbons (Fsp3) is 0.462. The van der Waals surface area contributed by atoms with E-state index in [1.807, 2.05) is 0 Å². The Hall–Kier alpha value is -0.800. The normalized spacial score (nSPS) is 11.4. The van der Waals surface area contributed by atoms with Crippen LogP contribution in [0.15, 0.2) is 29.2 Å². The molecule has 0 aliphatic carbocycles. The molecule has 88 valence electrons. The topological polar surface area (TPSA) is 29.1 Å². The molecule has 2 nitrogen and oxygen atoms in total. The van der Waals surface area contributed by atoms with Crippen LogP contribution >= 0.6 is 11.8 Å². The highest BCUT2D eigenvalue weighted by Gasteiger charge is 2.19. The molecule has 1 rings (SSSR count). The summed E-state index contributed by atoms with van der Waals surface area (Å²) in [6.07, 6.45) is 2.97. The molecule has 0 amide bonds. The van der Waals surface area contributed by atoms with Gasteiger partial charge in [0, 0.05) is 16.9 Å². The van der Waals surface area contributed by atoms with E-state index in [2.05, 4.69) is 49.7 Å². The van der Waals surface area contributed by atoms with Crippen LogP contribution in [0.25, 0.3) is 0 Å². The summed E-state index contributed by atoms with van der Waals surface area (Å²) in [5.41, 5.74) is 1.35. The van der Waals surface area contributed by atoms with Gasteiger partial charge in [-0.1, -0.05) is 26.0 Å². The van der Waals surface area contributed by atoms with Gasteiger partial charge >= 0.3 is 0 Å². The van der Waals surface area contributed by atoms with Crippen LogP contribution in [0.3, 0.4) is 0 Å². The molecule has 3 heteroatoms. The van der Waals surface area contributed by atoms with Gasteiger partial charge in [-0.15, -0.1) is 11.8 Å². The monoisotopic (exact) mass is 237 g/mol. The van der Waals surface area contributed by atoms with Crippen LogP contribution in [0.5, 0.6) is 0 Å². The molecule has 0 aliphatic heterocycles. The van der Waals surface area contributed by atoms with Crippen molar-refractivity contribution >= 4 is 18.0 Å². The minimum atomic E-state index is 0.0555. The lowest BCUT2D eigenvalue weighted by atomic mass is 9.84. The quantitative estimate of drug-likeness (QED) is 0.468. The molecule has 0 atom stereocenters. The van der Waals surface area contributed by atoms with Crippen molar-refractivity contribution < 1.29 is 4.79 Å². The van der Waals surface area contributed by atoms with Gasteiger partial charge in [0.05, 0.1) is 6.54 Å². The molecule has 0 saturated heterocycles. The Morgan fingerprint density at radius 1 is 1.31 bits per heavy atom. The van der Waals surface area contributed by atoms with Gasteiger partial charge in [-0.3, -0.25) is 0 Å². The summed E-state index contributed by atoms with van der Waals surface area (Å²) in [6, 6.07) is 8.60. The van der Waals surface area contributed by atoms with E-state index < -0.39 is 0 Å². The first-order valence-electron chi connectivity index (χ1n) is 5.39. The molecule has 1 aromatic carbocycles. The predicted octanol–water partition coefficient (Wildman–Crippen LogP) is 2.47. The van der Waals surface area contributed by atoms with Gasteiger partial charge in [0.1, 0.15) is 6.29 Å². The average Bonchev–Trinajstić information content (AvgIpc) is 2.29. The first kappa shape index (κ1) is 13.3. The standard InChI is InChI=1S/C13H19NOS/c1-13(2,10-14-8-9-15)11-4-6-12(16-3)7-5-11/h4-7,9,14H,8,10H2,1-3H3. The van der Waals surface area contributed by atoms with Crippen molar-refractivity contribution in [1.29, 1.82) is 0 Å². The van der Waals surface area contributed by atoms with Gasteiger partial charge in [0.15, 0.2) is 0 Å². The minimum Gasteiger partial charge on any atom is -0.309 e. The second kappa shape index (κ2) is 6.06. The molecular weight excluding hydrogens is 218 g/mol. The molecular formula is C13H19NOS. The van der Waals surface area contributed by atoms with E-state index in [0.29, 0.717) is 6.54 Å². The number of rotatable bonds is 6. The van der Waals surface area contributed by atoms with E-state index in [4.69, 9.17) is 0 Å². The Balaban J connectivity index is 2.68. The molecule has 1 N–H and O–H groups in total. The highest BCUT2D eigenvalue weighted by atomic mass is 32.2. The Bertz CT molecular complexity index is 332. The second-order valence-corrected chi connectivity index (χ2v) is 5.29. The van der Waals surface area contributed by atoms with Crippen molar-refractivity contribution in [3.63, 3.8) is 0 Å². The molecule has 0 fully saturated rings. The average molecular weight is 237 g/mol. The van der Waals surface area contributed by atoms with Crippen LogP contribution < -0.4 is 5.32 Å². The maximum Gasteiger partial charge on any atom is 0.133 e. The van der Waals surface area contributed by atoms with Gasteiger partial charge in [-0.2, -0.15) is 0 Å². The van der Waals surface area contributed by atoms with Crippen molar-refractivity contribution in [1.82, 2.24) is 5.32 Å². The van der Waals surface area contributed by atoms with Crippen LogP contribution in [0.4, 0.5) is 0 Å². The third kappa shape index (κ3) is 3.65. The fourth-order valence-electron chi connectivity index (χ4n) is 1.59. The molecule has 0 unspecified atom stereocenters. The number of carbonyl (C=O) groups excluding carboxylic acids is 1. The summed E-state index contributed by atoms with van der Waals surface area (Å²) in [5, 5.41) is 3.13. The zero-order valence-electron chi connectivity index (χ0n) is 10.1. The summed E-state index contributed by atoms with van der Waals surface area (Å²) in [5.74, 6) is 0. The van der Waals surface area contributed by atoms with Crippen molar-refractivity contribution in [3.05, 3.63) is 29.8 Å². The van der Waals surface area contributed by atoms with Crippen molar-refractivity contribution in [2.24, 2.45) is 0 Å². The Morgan fingerprint density at radius 2 is 1.94 bits per heavy atom. The first-order valence-corrected chi connectivity index (χ1v) is 6.61. The van der Waals surface area contributed by atoms with E-state index >= 15 is 0 Å². The van der Waals surface area contributed by atoms with Crippen LogP contribution in [-0.2, 0) is 10.2 Å². The molecule has 1 aromatic rings.